The normalized spacial score (nSPS) is 30.7. The SMILES string of the molecule is CC1(C)CCc2ccccc2C1NC(=O)C1CCCC1O. The van der Waals surface area contributed by atoms with Crippen molar-refractivity contribution in [2.75, 3.05) is 0 Å². The van der Waals surface area contributed by atoms with Crippen LogP contribution in [0.15, 0.2) is 24.3 Å². The molecule has 0 heterocycles. The standard InChI is InChI=1S/C18H25NO2/c1-18(2)11-10-12-6-3-4-7-13(12)16(18)19-17(21)14-8-5-9-15(14)20/h3-4,6-7,14-16,20H,5,8-11H2,1-2H3,(H,19,21). The van der Waals surface area contributed by atoms with E-state index in [0.717, 1.165) is 32.1 Å². The zero-order chi connectivity index (χ0) is 15.0. The second-order valence-corrected chi connectivity index (χ2v) is 7.23. The van der Waals surface area contributed by atoms with E-state index in [4.69, 9.17) is 0 Å². The van der Waals surface area contributed by atoms with Gasteiger partial charge < -0.3 is 10.4 Å². The van der Waals surface area contributed by atoms with E-state index in [1.165, 1.54) is 11.1 Å². The molecule has 1 saturated carbocycles. The van der Waals surface area contributed by atoms with Crippen molar-refractivity contribution in [3.8, 4) is 0 Å². The molecular weight excluding hydrogens is 262 g/mol. The molecule has 1 amide bonds. The molecule has 1 fully saturated rings. The van der Waals surface area contributed by atoms with E-state index in [9.17, 15) is 9.90 Å². The Morgan fingerprint density at radius 1 is 1.29 bits per heavy atom. The van der Waals surface area contributed by atoms with Crippen molar-refractivity contribution in [1.82, 2.24) is 5.32 Å². The van der Waals surface area contributed by atoms with Gasteiger partial charge in [-0.25, -0.2) is 0 Å². The fourth-order valence-electron chi connectivity index (χ4n) is 3.83. The zero-order valence-electron chi connectivity index (χ0n) is 12.9. The summed E-state index contributed by atoms with van der Waals surface area (Å²) in [5.74, 6) is -0.204. The molecule has 1 aromatic carbocycles. The lowest BCUT2D eigenvalue weighted by Crippen LogP contribution is -2.44. The highest BCUT2D eigenvalue weighted by molar-refractivity contribution is 5.80. The minimum atomic E-state index is -0.466. The molecule has 3 rings (SSSR count). The molecular formula is C18H25NO2. The number of fused-ring (bicyclic) bond motifs is 1. The van der Waals surface area contributed by atoms with Gasteiger partial charge in [-0.3, -0.25) is 4.79 Å². The minimum Gasteiger partial charge on any atom is -0.392 e. The van der Waals surface area contributed by atoms with Gasteiger partial charge in [-0.1, -0.05) is 38.1 Å². The first kappa shape index (κ1) is 14.6. The van der Waals surface area contributed by atoms with Crippen molar-refractivity contribution in [3.05, 3.63) is 35.4 Å². The van der Waals surface area contributed by atoms with Crippen LogP contribution in [0.4, 0.5) is 0 Å². The lowest BCUT2D eigenvalue weighted by Gasteiger charge is -2.41. The Balaban J connectivity index is 1.84. The van der Waals surface area contributed by atoms with E-state index in [1.54, 1.807) is 0 Å². The number of rotatable bonds is 2. The van der Waals surface area contributed by atoms with Crippen molar-refractivity contribution >= 4 is 5.91 Å². The molecule has 3 unspecified atom stereocenters. The number of amides is 1. The predicted octanol–water partition coefficient (Wildman–Crippen LogP) is 2.98. The van der Waals surface area contributed by atoms with Gasteiger partial charge in [-0.2, -0.15) is 0 Å². The third kappa shape index (κ3) is 2.71. The molecule has 3 atom stereocenters. The number of carbonyl (C=O) groups excluding carboxylic acids is 1. The van der Waals surface area contributed by atoms with Crippen LogP contribution in [0.2, 0.25) is 0 Å². The van der Waals surface area contributed by atoms with Crippen molar-refractivity contribution in [2.45, 2.75) is 58.1 Å². The van der Waals surface area contributed by atoms with Gasteiger partial charge in [0.1, 0.15) is 0 Å². The Morgan fingerprint density at radius 2 is 2.05 bits per heavy atom. The van der Waals surface area contributed by atoms with Crippen LogP contribution < -0.4 is 5.32 Å². The molecule has 0 radical (unpaired) electrons. The quantitative estimate of drug-likeness (QED) is 0.878. The molecule has 0 bridgehead atoms. The summed E-state index contributed by atoms with van der Waals surface area (Å²) in [6, 6.07) is 8.45. The Morgan fingerprint density at radius 3 is 2.76 bits per heavy atom. The molecule has 0 spiro atoms. The maximum Gasteiger partial charge on any atom is 0.226 e. The summed E-state index contributed by atoms with van der Waals surface area (Å²) in [7, 11) is 0. The Bertz CT molecular complexity index is 538. The number of carbonyl (C=O) groups is 1. The summed E-state index contributed by atoms with van der Waals surface area (Å²) in [6.07, 6.45) is 4.19. The second kappa shape index (κ2) is 5.45. The highest BCUT2D eigenvalue weighted by Gasteiger charge is 2.39. The van der Waals surface area contributed by atoms with Gasteiger partial charge in [0.05, 0.1) is 18.1 Å². The van der Waals surface area contributed by atoms with Gasteiger partial charge in [-0.05, 0) is 48.6 Å². The van der Waals surface area contributed by atoms with Crippen molar-refractivity contribution in [3.63, 3.8) is 0 Å². The molecule has 114 valence electrons. The van der Waals surface area contributed by atoms with E-state index in [2.05, 4.69) is 37.4 Å². The van der Waals surface area contributed by atoms with E-state index >= 15 is 0 Å². The smallest absolute Gasteiger partial charge is 0.226 e. The highest BCUT2D eigenvalue weighted by Crippen LogP contribution is 2.43. The largest absolute Gasteiger partial charge is 0.392 e. The maximum absolute atomic E-state index is 12.6. The van der Waals surface area contributed by atoms with Crippen LogP contribution in [-0.4, -0.2) is 17.1 Å². The molecule has 2 aliphatic rings. The third-order valence-electron chi connectivity index (χ3n) is 5.29. The van der Waals surface area contributed by atoms with Crippen LogP contribution in [0.25, 0.3) is 0 Å². The molecule has 3 nitrogen and oxygen atoms in total. The Hall–Kier alpha value is -1.35. The monoisotopic (exact) mass is 287 g/mol. The van der Waals surface area contributed by atoms with Crippen LogP contribution in [0.3, 0.4) is 0 Å². The van der Waals surface area contributed by atoms with E-state index in [1.807, 2.05) is 6.07 Å². The molecule has 0 aliphatic heterocycles. The summed E-state index contributed by atoms with van der Waals surface area (Å²) in [4.78, 5) is 12.6. The van der Waals surface area contributed by atoms with Crippen molar-refractivity contribution in [2.24, 2.45) is 11.3 Å². The summed E-state index contributed by atoms with van der Waals surface area (Å²) in [5.41, 5.74) is 2.64. The average Bonchev–Trinajstić information content (AvgIpc) is 2.88. The molecule has 2 aliphatic carbocycles. The number of aliphatic hydroxyl groups excluding tert-OH is 1. The van der Waals surface area contributed by atoms with Gasteiger partial charge >= 0.3 is 0 Å². The summed E-state index contributed by atoms with van der Waals surface area (Å²) < 4.78 is 0. The predicted molar refractivity (Wildman–Crippen MR) is 82.8 cm³/mol. The fourth-order valence-corrected chi connectivity index (χ4v) is 3.83. The van der Waals surface area contributed by atoms with E-state index in [-0.39, 0.29) is 23.3 Å². The first-order valence-corrected chi connectivity index (χ1v) is 8.05. The van der Waals surface area contributed by atoms with Crippen molar-refractivity contribution < 1.29 is 9.90 Å². The topological polar surface area (TPSA) is 49.3 Å². The minimum absolute atomic E-state index is 0.0229. The number of hydrogen-bond donors (Lipinski definition) is 2. The van der Waals surface area contributed by atoms with Gasteiger partial charge in [-0.15, -0.1) is 0 Å². The lowest BCUT2D eigenvalue weighted by molar-refractivity contribution is -0.129. The van der Waals surface area contributed by atoms with Crippen LogP contribution in [-0.2, 0) is 11.2 Å². The average molecular weight is 287 g/mol. The second-order valence-electron chi connectivity index (χ2n) is 7.23. The summed E-state index contributed by atoms with van der Waals surface area (Å²) >= 11 is 0. The fraction of sp³-hybridized carbons (Fsp3) is 0.611. The number of benzene rings is 1. The van der Waals surface area contributed by atoms with Crippen LogP contribution >= 0.6 is 0 Å². The van der Waals surface area contributed by atoms with E-state index < -0.39 is 6.10 Å². The molecule has 0 saturated heterocycles. The summed E-state index contributed by atoms with van der Waals surface area (Å²) in [6.45, 7) is 4.44. The van der Waals surface area contributed by atoms with Crippen LogP contribution in [0, 0.1) is 11.3 Å². The van der Waals surface area contributed by atoms with Gasteiger partial charge in [0.15, 0.2) is 0 Å². The Labute approximate surface area is 126 Å². The Kier molecular flexibility index (Phi) is 3.78. The third-order valence-corrected chi connectivity index (χ3v) is 5.29. The summed E-state index contributed by atoms with van der Waals surface area (Å²) in [5, 5.41) is 13.2. The number of nitrogens with one attached hydrogen (secondary N) is 1. The van der Waals surface area contributed by atoms with Crippen molar-refractivity contribution in [1.29, 1.82) is 0 Å². The molecule has 3 heteroatoms. The van der Waals surface area contributed by atoms with Gasteiger partial charge in [0, 0.05) is 0 Å². The van der Waals surface area contributed by atoms with E-state index in [0.29, 0.717) is 0 Å². The number of aryl methyl sites for hydroxylation is 1. The molecule has 1 aromatic rings. The zero-order valence-corrected chi connectivity index (χ0v) is 12.9. The highest BCUT2D eigenvalue weighted by atomic mass is 16.3. The molecule has 0 aromatic heterocycles. The van der Waals surface area contributed by atoms with Gasteiger partial charge in [0.25, 0.3) is 0 Å². The first-order valence-electron chi connectivity index (χ1n) is 8.05. The molecule has 21 heavy (non-hydrogen) atoms. The van der Waals surface area contributed by atoms with Gasteiger partial charge in [0.2, 0.25) is 5.91 Å². The van der Waals surface area contributed by atoms with Crippen LogP contribution in [0.5, 0.6) is 0 Å². The van der Waals surface area contributed by atoms with Crippen LogP contribution in [0.1, 0.15) is 56.7 Å². The first-order chi connectivity index (χ1) is 9.99. The molecule has 2 N–H and O–H groups in total. The lowest BCUT2D eigenvalue weighted by atomic mass is 9.70. The number of aliphatic hydroxyl groups is 1. The maximum atomic E-state index is 12.6. The number of hydrogen-bond acceptors (Lipinski definition) is 2.